The van der Waals surface area contributed by atoms with E-state index in [1.54, 1.807) is 16.9 Å². The van der Waals surface area contributed by atoms with Crippen molar-refractivity contribution >= 4 is 12.2 Å². The average Bonchev–Trinajstić information content (AvgIpc) is 2.82. The van der Waals surface area contributed by atoms with Crippen molar-refractivity contribution in [3.8, 4) is 0 Å². The normalized spacial score (nSPS) is 26.8. The quantitative estimate of drug-likeness (QED) is 0.772. The molecule has 0 spiro atoms. The molecule has 21 heavy (non-hydrogen) atoms. The number of hydrogen-bond acceptors (Lipinski definition) is 5. The summed E-state index contributed by atoms with van der Waals surface area (Å²) in [6, 6.07) is -0.0521. The molecular formula is C14H24N2O5. The van der Waals surface area contributed by atoms with Gasteiger partial charge in [0.2, 0.25) is 0 Å². The van der Waals surface area contributed by atoms with E-state index >= 15 is 0 Å². The summed E-state index contributed by atoms with van der Waals surface area (Å²) in [7, 11) is 1.59. The van der Waals surface area contributed by atoms with Crippen molar-refractivity contribution in [2.24, 2.45) is 0 Å². The third-order valence-electron chi connectivity index (χ3n) is 3.67. The minimum Gasteiger partial charge on any atom is -0.448 e. The summed E-state index contributed by atoms with van der Waals surface area (Å²) in [4.78, 5) is 27.1. The molecule has 0 aliphatic carbocycles. The Balaban J connectivity index is 1.98. The molecule has 2 rings (SSSR count). The van der Waals surface area contributed by atoms with Crippen LogP contribution in [0.4, 0.5) is 9.59 Å². The first-order chi connectivity index (χ1) is 9.81. The minimum atomic E-state index is -0.519. The first-order valence-corrected chi connectivity index (χ1v) is 7.26. The molecule has 0 radical (unpaired) electrons. The molecule has 0 N–H and O–H groups in total. The zero-order chi connectivity index (χ0) is 15.6. The molecule has 2 unspecified atom stereocenters. The summed E-state index contributed by atoms with van der Waals surface area (Å²) in [6.07, 6.45) is -0.205. The number of ether oxygens (including phenoxy) is 3. The van der Waals surface area contributed by atoms with E-state index < -0.39 is 5.60 Å². The van der Waals surface area contributed by atoms with E-state index in [0.717, 1.165) is 0 Å². The molecule has 0 saturated carbocycles. The number of hydrogen-bond donors (Lipinski definition) is 0. The first kappa shape index (κ1) is 15.9. The molecule has 120 valence electrons. The largest absolute Gasteiger partial charge is 0.448 e. The maximum atomic E-state index is 12.1. The van der Waals surface area contributed by atoms with Gasteiger partial charge in [-0.15, -0.1) is 0 Å². The van der Waals surface area contributed by atoms with Gasteiger partial charge in [0.15, 0.2) is 0 Å². The summed E-state index contributed by atoms with van der Waals surface area (Å²) in [5.41, 5.74) is -0.519. The van der Waals surface area contributed by atoms with Gasteiger partial charge < -0.3 is 19.1 Å². The van der Waals surface area contributed by atoms with Crippen molar-refractivity contribution in [1.29, 1.82) is 0 Å². The van der Waals surface area contributed by atoms with Crippen molar-refractivity contribution in [3.05, 3.63) is 0 Å². The lowest BCUT2D eigenvalue weighted by Gasteiger charge is -2.41. The number of rotatable bonds is 2. The van der Waals surface area contributed by atoms with Crippen LogP contribution in [0.2, 0.25) is 0 Å². The minimum absolute atomic E-state index is 0.0521. The number of amides is 2. The molecule has 7 heteroatoms. The van der Waals surface area contributed by atoms with E-state index in [1.165, 1.54) is 0 Å². The van der Waals surface area contributed by atoms with E-state index in [4.69, 9.17) is 14.2 Å². The lowest BCUT2D eigenvalue weighted by Crippen LogP contribution is -2.56. The van der Waals surface area contributed by atoms with Gasteiger partial charge in [-0.2, -0.15) is 0 Å². The highest BCUT2D eigenvalue weighted by Gasteiger charge is 2.40. The predicted molar refractivity (Wildman–Crippen MR) is 75.1 cm³/mol. The van der Waals surface area contributed by atoms with E-state index in [2.05, 4.69) is 0 Å². The van der Waals surface area contributed by atoms with Gasteiger partial charge in [0.25, 0.3) is 0 Å². The van der Waals surface area contributed by atoms with Crippen molar-refractivity contribution in [1.82, 2.24) is 9.80 Å². The number of likely N-dealkylation sites (tertiary alicyclic amines) is 1. The van der Waals surface area contributed by atoms with Crippen LogP contribution in [0, 0.1) is 0 Å². The molecule has 2 amide bonds. The average molecular weight is 300 g/mol. The van der Waals surface area contributed by atoms with Gasteiger partial charge >= 0.3 is 12.2 Å². The van der Waals surface area contributed by atoms with Gasteiger partial charge in [0.1, 0.15) is 12.2 Å². The number of piperidine rings is 1. The zero-order valence-electron chi connectivity index (χ0n) is 13.1. The van der Waals surface area contributed by atoms with Crippen LogP contribution < -0.4 is 0 Å². The molecule has 0 bridgehead atoms. The Morgan fingerprint density at radius 1 is 1.33 bits per heavy atom. The molecule has 2 atom stereocenters. The van der Waals surface area contributed by atoms with Crippen LogP contribution in [-0.2, 0) is 14.2 Å². The lowest BCUT2D eigenvalue weighted by molar-refractivity contribution is -0.0353. The molecule has 0 aromatic carbocycles. The van der Waals surface area contributed by atoms with Crippen LogP contribution in [0.5, 0.6) is 0 Å². The summed E-state index contributed by atoms with van der Waals surface area (Å²) in [5, 5.41) is 0. The maximum Gasteiger partial charge on any atom is 0.410 e. The monoisotopic (exact) mass is 300 g/mol. The fourth-order valence-electron chi connectivity index (χ4n) is 2.69. The Hall–Kier alpha value is -1.50. The Bertz CT molecular complexity index is 407. The third-order valence-corrected chi connectivity index (χ3v) is 3.67. The number of cyclic esters (lactones) is 1. The Kier molecular flexibility index (Phi) is 4.61. The van der Waals surface area contributed by atoms with Crippen LogP contribution >= 0.6 is 0 Å². The summed E-state index contributed by atoms with van der Waals surface area (Å²) >= 11 is 0. The molecule has 0 aromatic rings. The molecule has 2 saturated heterocycles. The Labute approximate surface area is 125 Å². The molecule has 2 heterocycles. The van der Waals surface area contributed by atoms with Crippen LogP contribution in [-0.4, -0.2) is 73.1 Å². The second kappa shape index (κ2) is 6.09. The van der Waals surface area contributed by atoms with Gasteiger partial charge in [0.05, 0.1) is 25.2 Å². The molecule has 0 aromatic heterocycles. The van der Waals surface area contributed by atoms with Crippen LogP contribution in [0.1, 0.15) is 27.2 Å². The smallest absolute Gasteiger partial charge is 0.410 e. The van der Waals surface area contributed by atoms with Crippen LogP contribution in [0.3, 0.4) is 0 Å². The topological polar surface area (TPSA) is 68.3 Å². The fraction of sp³-hybridized carbons (Fsp3) is 0.857. The first-order valence-electron chi connectivity index (χ1n) is 7.26. The van der Waals surface area contributed by atoms with Crippen molar-refractivity contribution in [2.45, 2.75) is 44.9 Å². The standard InChI is InChI=1S/C14H24N2O5/c1-14(2,3)21-12(17)15-6-5-10(11(9-15)19-4)16-7-8-20-13(16)18/h10-11H,5-9H2,1-4H3. The maximum absolute atomic E-state index is 12.1. The Morgan fingerprint density at radius 3 is 2.57 bits per heavy atom. The van der Waals surface area contributed by atoms with Crippen LogP contribution in [0.25, 0.3) is 0 Å². The van der Waals surface area contributed by atoms with E-state index in [-0.39, 0.29) is 24.3 Å². The summed E-state index contributed by atoms with van der Waals surface area (Å²) in [5.74, 6) is 0. The summed E-state index contributed by atoms with van der Waals surface area (Å²) in [6.45, 7) is 7.48. The van der Waals surface area contributed by atoms with Crippen LogP contribution in [0.15, 0.2) is 0 Å². The van der Waals surface area contributed by atoms with E-state index in [1.807, 2.05) is 20.8 Å². The SMILES string of the molecule is COC1CN(C(=O)OC(C)(C)C)CCC1N1CCOC1=O. The van der Waals surface area contributed by atoms with Gasteiger partial charge in [0, 0.05) is 13.7 Å². The summed E-state index contributed by atoms with van der Waals surface area (Å²) < 4.78 is 15.8. The molecule has 2 aliphatic rings. The van der Waals surface area contributed by atoms with Gasteiger partial charge in [-0.25, -0.2) is 9.59 Å². The molecule has 2 aliphatic heterocycles. The van der Waals surface area contributed by atoms with Crippen molar-refractivity contribution in [3.63, 3.8) is 0 Å². The zero-order valence-corrected chi connectivity index (χ0v) is 13.1. The number of carbonyl (C=O) groups is 2. The fourth-order valence-corrected chi connectivity index (χ4v) is 2.69. The number of methoxy groups -OCH3 is 1. The second-order valence-corrected chi connectivity index (χ2v) is 6.36. The predicted octanol–water partition coefficient (Wildman–Crippen LogP) is 1.46. The molecule has 2 fully saturated rings. The number of nitrogens with zero attached hydrogens (tertiary/aromatic N) is 2. The molecular weight excluding hydrogens is 276 g/mol. The lowest BCUT2D eigenvalue weighted by atomic mass is 10.0. The third kappa shape index (κ3) is 3.78. The Morgan fingerprint density at radius 2 is 2.05 bits per heavy atom. The highest BCUT2D eigenvalue weighted by Crippen LogP contribution is 2.23. The van der Waals surface area contributed by atoms with E-state index in [0.29, 0.717) is 32.7 Å². The second-order valence-electron chi connectivity index (χ2n) is 6.36. The van der Waals surface area contributed by atoms with Gasteiger partial charge in [-0.05, 0) is 27.2 Å². The molecule has 7 nitrogen and oxygen atoms in total. The number of carbonyl (C=O) groups excluding carboxylic acids is 2. The highest BCUT2D eigenvalue weighted by atomic mass is 16.6. The van der Waals surface area contributed by atoms with Gasteiger partial charge in [-0.1, -0.05) is 0 Å². The van der Waals surface area contributed by atoms with Gasteiger partial charge in [-0.3, -0.25) is 4.90 Å². The van der Waals surface area contributed by atoms with E-state index in [9.17, 15) is 9.59 Å². The van der Waals surface area contributed by atoms with Crippen molar-refractivity contribution < 1.29 is 23.8 Å². The van der Waals surface area contributed by atoms with Crippen molar-refractivity contribution in [2.75, 3.05) is 33.4 Å². The highest BCUT2D eigenvalue weighted by molar-refractivity contribution is 5.70.